The first kappa shape index (κ1) is 16.1. The van der Waals surface area contributed by atoms with Gasteiger partial charge in [0, 0.05) is 0 Å². The zero-order chi connectivity index (χ0) is 16.1. The number of hydrogen-bond acceptors (Lipinski definition) is 6. The number of allylic oxidation sites excluding steroid dienone is 2. The fourth-order valence-corrected chi connectivity index (χ4v) is 2.49. The molecular weight excluding hydrogens is 306 g/mol. The molecule has 0 aromatic carbocycles. The quantitative estimate of drug-likeness (QED) is 0.613. The molecule has 1 fully saturated rings. The van der Waals surface area contributed by atoms with Gasteiger partial charge >= 0.3 is 5.97 Å². The second-order valence-electron chi connectivity index (χ2n) is 4.70. The minimum absolute atomic E-state index is 0.255. The number of ether oxygens (including phenoxy) is 1. The van der Waals surface area contributed by atoms with E-state index in [9.17, 15) is 14.4 Å². The SMILES string of the molecule is CC(C)OC(=O)CN1C(=O)S/C(=C/C=C/c2ccco2)C1=O. The summed E-state index contributed by atoms with van der Waals surface area (Å²) in [7, 11) is 0. The zero-order valence-corrected chi connectivity index (χ0v) is 13.0. The van der Waals surface area contributed by atoms with Crippen molar-refractivity contribution in [3.8, 4) is 0 Å². The molecule has 0 spiro atoms. The van der Waals surface area contributed by atoms with E-state index in [0.717, 1.165) is 16.7 Å². The van der Waals surface area contributed by atoms with Crippen LogP contribution >= 0.6 is 11.8 Å². The first-order chi connectivity index (χ1) is 10.5. The van der Waals surface area contributed by atoms with Crippen molar-refractivity contribution in [3.05, 3.63) is 41.2 Å². The number of furan rings is 1. The Labute approximate surface area is 131 Å². The maximum atomic E-state index is 12.1. The Hall–Kier alpha value is -2.28. The second-order valence-corrected chi connectivity index (χ2v) is 5.70. The van der Waals surface area contributed by atoms with Crippen LogP contribution < -0.4 is 0 Å². The zero-order valence-electron chi connectivity index (χ0n) is 12.1. The van der Waals surface area contributed by atoms with Gasteiger partial charge in [-0.05, 0) is 49.9 Å². The number of carbonyl (C=O) groups is 3. The van der Waals surface area contributed by atoms with E-state index in [1.54, 1.807) is 38.1 Å². The highest BCUT2D eigenvalue weighted by Crippen LogP contribution is 2.30. The molecule has 2 amide bonds. The van der Waals surface area contributed by atoms with Gasteiger partial charge < -0.3 is 9.15 Å². The van der Waals surface area contributed by atoms with E-state index in [1.807, 2.05) is 0 Å². The van der Waals surface area contributed by atoms with Crippen molar-refractivity contribution in [3.63, 3.8) is 0 Å². The largest absolute Gasteiger partial charge is 0.465 e. The lowest BCUT2D eigenvalue weighted by Crippen LogP contribution is -2.35. The minimum Gasteiger partial charge on any atom is -0.465 e. The number of thioether (sulfide) groups is 1. The van der Waals surface area contributed by atoms with Gasteiger partial charge in [0.05, 0.1) is 17.3 Å². The van der Waals surface area contributed by atoms with Crippen LogP contribution in [0.3, 0.4) is 0 Å². The Bertz CT molecular complexity index is 630. The molecule has 116 valence electrons. The van der Waals surface area contributed by atoms with E-state index in [4.69, 9.17) is 9.15 Å². The summed E-state index contributed by atoms with van der Waals surface area (Å²) >= 11 is 0.789. The van der Waals surface area contributed by atoms with Crippen molar-refractivity contribution in [2.75, 3.05) is 6.54 Å². The van der Waals surface area contributed by atoms with Crippen molar-refractivity contribution in [1.29, 1.82) is 0 Å². The summed E-state index contributed by atoms with van der Waals surface area (Å²) in [5, 5.41) is -0.483. The number of nitrogens with zero attached hydrogens (tertiary/aromatic N) is 1. The molecule has 1 aliphatic heterocycles. The van der Waals surface area contributed by atoms with E-state index in [0.29, 0.717) is 5.76 Å². The van der Waals surface area contributed by atoms with Gasteiger partial charge in [-0.3, -0.25) is 19.3 Å². The predicted octanol–water partition coefficient (Wildman–Crippen LogP) is 2.82. The van der Waals surface area contributed by atoms with Crippen LogP contribution in [0.5, 0.6) is 0 Å². The lowest BCUT2D eigenvalue weighted by molar-refractivity contribution is -0.149. The normalized spacial score (nSPS) is 17.2. The molecule has 22 heavy (non-hydrogen) atoms. The lowest BCUT2D eigenvalue weighted by atomic mass is 10.3. The van der Waals surface area contributed by atoms with Crippen molar-refractivity contribution >= 4 is 35.0 Å². The number of amides is 2. The number of imide groups is 1. The van der Waals surface area contributed by atoms with Gasteiger partial charge in [0.25, 0.3) is 11.1 Å². The summed E-state index contributed by atoms with van der Waals surface area (Å²) in [4.78, 5) is 36.6. The summed E-state index contributed by atoms with van der Waals surface area (Å²) in [6, 6.07) is 3.51. The first-order valence-corrected chi connectivity index (χ1v) is 7.44. The van der Waals surface area contributed by atoms with Crippen LogP contribution in [0.1, 0.15) is 19.6 Å². The minimum atomic E-state index is -0.607. The molecule has 0 radical (unpaired) electrons. The Balaban J connectivity index is 2.00. The molecule has 6 nitrogen and oxygen atoms in total. The average molecular weight is 321 g/mol. The molecule has 0 bridgehead atoms. The van der Waals surface area contributed by atoms with E-state index in [2.05, 4.69) is 0 Å². The molecule has 0 unspecified atom stereocenters. The standard InChI is InChI=1S/C15H15NO5S/c1-10(2)21-13(17)9-16-14(18)12(22-15(16)19)7-3-5-11-6-4-8-20-11/h3-8,10H,9H2,1-2H3/b5-3+,12-7+. The first-order valence-electron chi connectivity index (χ1n) is 6.62. The monoisotopic (exact) mass is 321 g/mol. The van der Waals surface area contributed by atoms with E-state index >= 15 is 0 Å². The molecule has 0 atom stereocenters. The van der Waals surface area contributed by atoms with Gasteiger partial charge in [-0.25, -0.2) is 0 Å². The molecular formula is C15H15NO5S. The molecule has 1 saturated heterocycles. The number of hydrogen-bond donors (Lipinski definition) is 0. The number of rotatable bonds is 5. The third-order valence-corrected chi connectivity index (χ3v) is 3.50. The Morgan fingerprint density at radius 2 is 2.23 bits per heavy atom. The Morgan fingerprint density at radius 1 is 1.45 bits per heavy atom. The van der Waals surface area contributed by atoms with Crippen molar-refractivity contribution < 1.29 is 23.5 Å². The van der Waals surface area contributed by atoms with Crippen molar-refractivity contribution in [2.45, 2.75) is 20.0 Å². The van der Waals surface area contributed by atoms with Gasteiger partial charge in [0.15, 0.2) is 0 Å². The fourth-order valence-electron chi connectivity index (χ4n) is 1.70. The summed E-state index contributed by atoms with van der Waals surface area (Å²) in [6.45, 7) is 3.03. The topological polar surface area (TPSA) is 76.8 Å². The van der Waals surface area contributed by atoms with E-state index in [-0.39, 0.29) is 17.6 Å². The van der Waals surface area contributed by atoms with Crippen LogP contribution in [0.2, 0.25) is 0 Å². The van der Waals surface area contributed by atoms with Crippen LogP contribution in [0, 0.1) is 0 Å². The van der Waals surface area contributed by atoms with Gasteiger partial charge in [0.2, 0.25) is 0 Å². The van der Waals surface area contributed by atoms with E-state index in [1.165, 1.54) is 12.3 Å². The molecule has 0 aliphatic carbocycles. The second kappa shape index (κ2) is 7.13. The van der Waals surface area contributed by atoms with Gasteiger partial charge in [-0.2, -0.15) is 0 Å². The molecule has 2 rings (SSSR count). The molecule has 2 heterocycles. The summed E-state index contributed by atoms with van der Waals surface area (Å²) < 4.78 is 10.0. The maximum Gasteiger partial charge on any atom is 0.326 e. The lowest BCUT2D eigenvalue weighted by Gasteiger charge is -2.13. The highest BCUT2D eigenvalue weighted by Gasteiger charge is 2.36. The van der Waals surface area contributed by atoms with Crippen LogP contribution in [-0.2, 0) is 14.3 Å². The molecule has 0 saturated carbocycles. The number of carbonyl (C=O) groups excluding carboxylic acids is 3. The third-order valence-electron chi connectivity index (χ3n) is 2.58. The highest BCUT2D eigenvalue weighted by atomic mass is 32.2. The third kappa shape index (κ3) is 4.11. The summed E-state index contributed by atoms with van der Waals surface area (Å²) in [6.07, 6.45) is 6.04. The molecule has 1 aromatic rings. The molecule has 7 heteroatoms. The predicted molar refractivity (Wildman–Crippen MR) is 81.8 cm³/mol. The van der Waals surface area contributed by atoms with Crippen LogP contribution in [0.4, 0.5) is 4.79 Å². The van der Waals surface area contributed by atoms with Crippen LogP contribution in [-0.4, -0.2) is 34.7 Å². The summed E-state index contributed by atoms with van der Waals surface area (Å²) in [5.41, 5.74) is 0. The van der Waals surface area contributed by atoms with Gasteiger partial charge in [-0.1, -0.05) is 6.08 Å². The van der Waals surface area contributed by atoms with E-state index < -0.39 is 17.1 Å². The number of esters is 1. The molecule has 1 aromatic heterocycles. The molecule has 0 N–H and O–H groups in total. The Kier molecular flexibility index (Phi) is 5.21. The van der Waals surface area contributed by atoms with Gasteiger partial charge in [-0.15, -0.1) is 0 Å². The molecule has 1 aliphatic rings. The Morgan fingerprint density at radius 3 is 2.86 bits per heavy atom. The van der Waals surface area contributed by atoms with Crippen LogP contribution in [0.15, 0.2) is 39.9 Å². The van der Waals surface area contributed by atoms with Crippen molar-refractivity contribution in [1.82, 2.24) is 4.90 Å². The maximum absolute atomic E-state index is 12.1. The fraction of sp³-hybridized carbons (Fsp3) is 0.267. The van der Waals surface area contributed by atoms with Gasteiger partial charge in [0.1, 0.15) is 12.3 Å². The van der Waals surface area contributed by atoms with Crippen molar-refractivity contribution in [2.24, 2.45) is 0 Å². The van der Waals surface area contributed by atoms with Crippen LogP contribution in [0.25, 0.3) is 6.08 Å². The smallest absolute Gasteiger partial charge is 0.326 e. The average Bonchev–Trinajstić information content (AvgIpc) is 3.02. The highest BCUT2D eigenvalue weighted by molar-refractivity contribution is 8.18. The summed E-state index contributed by atoms with van der Waals surface area (Å²) in [5.74, 6) is -0.472.